The highest BCUT2D eigenvalue weighted by Gasteiger charge is 2.49. The summed E-state index contributed by atoms with van der Waals surface area (Å²) in [6.45, 7) is 14.7. The lowest BCUT2D eigenvalue weighted by molar-refractivity contribution is -0.143. The van der Waals surface area contributed by atoms with Crippen LogP contribution in [0.2, 0.25) is 0 Å². The molecule has 4 heteroatoms. The Hall–Kier alpha value is -1.65. The third-order valence-corrected chi connectivity index (χ3v) is 4.31. The van der Waals surface area contributed by atoms with Gasteiger partial charge >= 0.3 is 5.97 Å². The van der Waals surface area contributed by atoms with E-state index in [4.69, 9.17) is 9.47 Å². The van der Waals surface area contributed by atoms with Crippen LogP contribution in [0.15, 0.2) is 48.1 Å². The van der Waals surface area contributed by atoms with Crippen LogP contribution >= 0.6 is 0 Å². The van der Waals surface area contributed by atoms with Gasteiger partial charge in [0.15, 0.2) is 0 Å². The zero-order valence-electron chi connectivity index (χ0n) is 15.6. The molecule has 1 aliphatic rings. The second-order valence-electron chi connectivity index (χ2n) is 7.01. The van der Waals surface area contributed by atoms with E-state index in [0.717, 1.165) is 5.57 Å². The molecule has 1 N–H and O–H groups in total. The fourth-order valence-corrected chi connectivity index (χ4v) is 2.10. The number of allylic oxidation sites excluding steroid dienone is 3. The molecule has 0 radical (unpaired) electrons. The van der Waals surface area contributed by atoms with Crippen LogP contribution in [-0.4, -0.2) is 34.5 Å². The van der Waals surface area contributed by atoms with Crippen molar-refractivity contribution in [2.45, 2.75) is 71.4 Å². The van der Waals surface area contributed by atoms with Gasteiger partial charge in [0.2, 0.25) is 0 Å². The van der Waals surface area contributed by atoms with Gasteiger partial charge in [-0.2, -0.15) is 0 Å². The van der Waals surface area contributed by atoms with E-state index in [0.29, 0.717) is 12.0 Å². The van der Waals surface area contributed by atoms with Crippen LogP contribution in [0.3, 0.4) is 0 Å². The van der Waals surface area contributed by atoms with Crippen molar-refractivity contribution in [1.29, 1.82) is 0 Å². The lowest BCUT2D eigenvalue weighted by Gasteiger charge is -2.19. The number of carbonyl (C=O) groups is 1. The molecule has 1 heterocycles. The molecule has 1 rings (SSSR count). The van der Waals surface area contributed by atoms with Crippen molar-refractivity contribution in [3.63, 3.8) is 0 Å². The van der Waals surface area contributed by atoms with Gasteiger partial charge in [-0.25, -0.2) is 4.79 Å². The molecule has 0 aromatic carbocycles. The molecule has 24 heavy (non-hydrogen) atoms. The Kier molecular flexibility index (Phi) is 6.76. The molecule has 0 amide bonds. The van der Waals surface area contributed by atoms with Gasteiger partial charge in [0.1, 0.15) is 6.10 Å². The van der Waals surface area contributed by atoms with Gasteiger partial charge in [0, 0.05) is 12.0 Å². The fraction of sp³-hybridized carbons (Fsp3) is 0.550. The summed E-state index contributed by atoms with van der Waals surface area (Å²) >= 11 is 0. The summed E-state index contributed by atoms with van der Waals surface area (Å²) in [5.74, 6) is -0.323. The Balaban J connectivity index is 2.86. The van der Waals surface area contributed by atoms with Gasteiger partial charge in [-0.15, -0.1) is 0 Å². The average molecular weight is 334 g/mol. The van der Waals surface area contributed by atoms with Crippen LogP contribution in [0.4, 0.5) is 0 Å². The number of epoxide rings is 1. The third-order valence-electron chi connectivity index (χ3n) is 4.31. The smallest absolute Gasteiger partial charge is 0.333 e. The van der Waals surface area contributed by atoms with E-state index < -0.39 is 5.60 Å². The number of carbonyl (C=O) groups excluding carboxylic acids is 1. The molecule has 0 aromatic heterocycles. The van der Waals surface area contributed by atoms with Gasteiger partial charge in [0.25, 0.3) is 0 Å². The van der Waals surface area contributed by atoms with Crippen molar-refractivity contribution >= 4 is 5.97 Å². The van der Waals surface area contributed by atoms with Crippen LogP contribution < -0.4 is 0 Å². The van der Waals surface area contributed by atoms with Crippen molar-refractivity contribution < 1.29 is 19.4 Å². The van der Waals surface area contributed by atoms with Gasteiger partial charge in [0.05, 0.1) is 17.3 Å². The minimum absolute atomic E-state index is 0.0739. The first-order valence-corrected chi connectivity index (χ1v) is 8.26. The maximum absolute atomic E-state index is 12.1. The van der Waals surface area contributed by atoms with Gasteiger partial charge in [-0.3, -0.25) is 0 Å². The van der Waals surface area contributed by atoms with Crippen molar-refractivity contribution in [2.24, 2.45) is 0 Å². The van der Waals surface area contributed by atoms with Crippen LogP contribution in [-0.2, 0) is 14.3 Å². The maximum Gasteiger partial charge on any atom is 0.333 e. The highest BCUT2D eigenvalue weighted by molar-refractivity contribution is 5.87. The summed E-state index contributed by atoms with van der Waals surface area (Å²) in [4.78, 5) is 12.1. The summed E-state index contributed by atoms with van der Waals surface area (Å²) in [7, 11) is 0. The van der Waals surface area contributed by atoms with Crippen molar-refractivity contribution in [1.82, 2.24) is 0 Å². The summed E-state index contributed by atoms with van der Waals surface area (Å²) in [6, 6.07) is 0. The van der Waals surface area contributed by atoms with E-state index in [2.05, 4.69) is 6.58 Å². The molecule has 0 aromatic rings. The largest absolute Gasteiger partial charge is 0.454 e. The first kappa shape index (κ1) is 20.4. The summed E-state index contributed by atoms with van der Waals surface area (Å²) < 4.78 is 11.3. The molecule has 0 aliphatic carbocycles. The summed E-state index contributed by atoms with van der Waals surface area (Å²) in [5, 5.41) is 9.90. The third kappa shape index (κ3) is 6.10. The quantitative estimate of drug-likeness (QED) is 0.241. The maximum atomic E-state index is 12.1. The Morgan fingerprint density at radius 3 is 2.50 bits per heavy atom. The molecule has 4 nitrogen and oxygen atoms in total. The Morgan fingerprint density at radius 1 is 1.46 bits per heavy atom. The standard InChI is InChI=1S/C20H30O4/c1-8-14(3)18(21)23-16(13-17-19(5,6)24-17)15(4)11-10-12-20(7,22)9-2/h8-12,16-17,22H,2,13H2,1,3-7H3/b12-10+,14-8-,15-11+/t16-,17+,20-/m0/s1. The molecule has 0 saturated carbocycles. The number of ether oxygens (including phenoxy) is 2. The number of rotatable bonds is 8. The normalized spacial score (nSPS) is 24.4. The van der Waals surface area contributed by atoms with Crippen molar-refractivity contribution in [3.05, 3.63) is 48.1 Å². The SMILES string of the molecule is C=C[C@](C)(O)/C=C/C=C(\C)[C@H](C[C@H]1OC1(C)C)OC(=O)/C(C)=C\C. The second kappa shape index (κ2) is 7.95. The Morgan fingerprint density at radius 2 is 2.04 bits per heavy atom. The van der Waals surface area contributed by atoms with E-state index in [9.17, 15) is 9.90 Å². The molecule has 134 valence electrons. The lowest BCUT2D eigenvalue weighted by atomic mass is 9.99. The van der Waals surface area contributed by atoms with Crippen molar-refractivity contribution in [3.8, 4) is 0 Å². The van der Waals surface area contributed by atoms with Gasteiger partial charge in [-0.1, -0.05) is 30.9 Å². The van der Waals surface area contributed by atoms with Crippen LogP contribution in [0, 0.1) is 0 Å². The number of hydrogen-bond donors (Lipinski definition) is 1. The molecular formula is C20H30O4. The van der Waals surface area contributed by atoms with E-state index in [1.165, 1.54) is 6.08 Å². The molecule has 1 aliphatic heterocycles. The van der Waals surface area contributed by atoms with Gasteiger partial charge in [-0.05, 0) is 53.2 Å². The molecule has 0 bridgehead atoms. The summed E-state index contributed by atoms with van der Waals surface area (Å²) in [6.07, 6.45) is 8.75. The zero-order valence-corrected chi connectivity index (χ0v) is 15.6. The predicted molar refractivity (Wildman–Crippen MR) is 96.6 cm³/mol. The molecule has 0 unspecified atom stereocenters. The molecule has 1 saturated heterocycles. The van der Waals surface area contributed by atoms with Crippen LogP contribution in [0.25, 0.3) is 0 Å². The predicted octanol–water partition coefficient (Wildman–Crippen LogP) is 3.87. The zero-order chi connectivity index (χ0) is 18.5. The Bertz CT molecular complexity index is 564. The number of esters is 1. The van der Waals surface area contributed by atoms with Gasteiger partial charge < -0.3 is 14.6 Å². The van der Waals surface area contributed by atoms with E-state index in [1.807, 2.05) is 33.8 Å². The number of aliphatic hydroxyl groups is 1. The topological polar surface area (TPSA) is 59.1 Å². The highest BCUT2D eigenvalue weighted by atomic mass is 16.6. The lowest BCUT2D eigenvalue weighted by Crippen LogP contribution is -2.23. The molecule has 0 spiro atoms. The van der Waals surface area contributed by atoms with Crippen LogP contribution in [0.1, 0.15) is 48.0 Å². The van der Waals surface area contributed by atoms with Crippen LogP contribution in [0.5, 0.6) is 0 Å². The fourth-order valence-electron chi connectivity index (χ4n) is 2.10. The van der Waals surface area contributed by atoms with E-state index in [-0.39, 0.29) is 23.8 Å². The average Bonchev–Trinajstić information content (AvgIpc) is 3.11. The first-order chi connectivity index (χ1) is 11.0. The highest BCUT2D eigenvalue weighted by Crippen LogP contribution is 2.39. The monoisotopic (exact) mass is 334 g/mol. The van der Waals surface area contributed by atoms with E-state index in [1.54, 1.807) is 32.1 Å². The summed E-state index contributed by atoms with van der Waals surface area (Å²) in [5.41, 5.74) is 0.248. The van der Waals surface area contributed by atoms with E-state index >= 15 is 0 Å². The molecule has 1 fully saturated rings. The Labute approximate surface area is 145 Å². The van der Waals surface area contributed by atoms with Crippen molar-refractivity contribution in [2.75, 3.05) is 0 Å². The minimum atomic E-state index is -1.06. The molecular weight excluding hydrogens is 304 g/mol. The minimum Gasteiger partial charge on any atom is -0.454 e. The first-order valence-electron chi connectivity index (χ1n) is 8.26. The number of hydrogen-bond acceptors (Lipinski definition) is 4. The molecule has 3 atom stereocenters. The second-order valence-corrected chi connectivity index (χ2v) is 7.01.